The summed E-state index contributed by atoms with van der Waals surface area (Å²) >= 11 is 0. The van der Waals surface area contributed by atoms with E-state index in [9.17, 15) is 14.0 Å². The number of ether oxygens (including phenoxy) is 2. The Morgan fingerprint density at radius 3 is 2.38 bits per heavy atom. The summed E-state index contributed by atoms with van der Waals surface area (Å²) in [6.07, 6.45) is 8.81. The summed E-state index contributed by atoms with van der Waals surface area (Å²) < 4.78 is 26.1. The number of aromatic nitrogens is 2. The first-order valence-corrected chi connectivity index (χ1v) is 17.3. The number of anilines is 1. The second-order valence-corrected chi connectivity index (χ2v) is 13.8. The van der Waals surface area contributed by atoms with Gasteiger partial charge in [0.15, 0.2) is 0 Å². The van der Waals surface area contributed by atoms with Gasteiger partial charge in [-0.2, -0.15) is 5.10 Å². The molecule has 1 N–H and O–H groups in total. The van der Waals surface area contributed by atoms with Crippen molar-refractivity contribution < 1.29 is 23.5 Å². The molecule has 0 spiro atoms. The number of alkyl halides is 1. The lowest BCUT2D eigenvalue weighted by molar-refractivity contribution is -0.124. The predicted octanol–water partition coefficient (Wildman–Crippen LogP) is 8.40. The van der Waals surface area contributed by atoms with Gasteiger partial charge in [0.1, 0.15) is 18.0 Å². The zero-order chi connectivity index (χ0) is 33.5. The van der Waals surface area contributed by atoms with E-state index in [1.165, 1.54) is 12.5 Å². The second kappa shape index (κ2) is 15.8. The highest BCUT2D eigenvalue weighted by atomic mass is 19.1. The maximum Gasteiger partial charge on any atom is 0.407 e. The van der Waals surface area contributed by atoms with Crippen molar-refractivity contribution in [3.05, 3.63) is 66.0 Å². The fourth-order valence-electron chi connectivity index (χ4n) is 7.10. The highest BCUT2D eigenvalue weighted by Gasteiger charge is 2.34. The van der Waals surface area contributed by atoms with Crippen LogP contribution in [-0.4, -0.2) is 54.3 Å². The number of aryl methyl sites for hydroxylation is 1. The summed E-state index contributed by atoms with van der Waals surface area (Å²) in [5.41, 5.74) is 5.52. The van der Waals surface area contributed by atoms with Crippen LogP contribution in [0.4, 0.5) is 14.9 Å². The summed E-state index contributed by atoms with van der Waals surface area (Å²) in [4.78, 5) is 28.5. The number of carbonyl (C=O) groups is 2. The SMILES string of the molecule is COc1ccc(C2CCC(CN(C(=O)C3CCC(OC(=O)NCC(C)F)CC3)c3cccc(-c4cnn(C(C)C)c4)c3)CC2)cc1C. The number of nitrogens with zero attached hydrogens (tertiary/aromatic N) is 3. The maximum absolute atomic E-state index is 14.3. The standard InChI is InChI=1S/C38H51FN4O4/c1-25(2)43-24-33(22-41-43)31-7-6-8-34(20-31)42(37(44)30-13-16-35(17-14-30)47-38(45)40-21-27(4)39)23-28-9-11-29(12-10-28)32-15-18-36(46-5)26(3)19-32/h6-8,15,18-20,22,24-25,27-30,35H,9-14,16-17,21,23H2,1-5H3,(H,40,45). The van der Waals surface area contributed by atoms with Gasteiger partial charge >= 0.3 is 6.09 Å². The molecule has 2 amide bonds. The van der Waals surface area contributed by atoms with Gasteiger partial charge in [-0.05, 0) is 126 Å². The lowest BCUT2D eigenvalue weighted by atomic mass is 9.78. The molecular formula is C38H51FN4O4. The Labute approximate surface area is 279 Å². The van der Waals surface area contributed by atoms with Crippen molar-refractivity contribution in [3.63, 3.8) is 0 Å². The largest absolute Gasteiger partial charge is 0.496 e. The average Bonchev–Trinajstić information content (AvgIpc) is 3.58. The number of nitrogens with one attached hydrogen (secondary N) is 1. The van der Waals surface area contributed by atoms with E-state index in [0.29, 0.717) is 44.1 Å². The molecule has 1 unspecified atom stereocenters. The van der Waals surface area contributed by atoms with Crippen LogP contribution >= 0.6 is 0 Å². The molecular weight excluding hydrogens is 595 g/mol. The van der Waals surface area contributed by atoms with Crippen LogP contribution in [-0.2, 0) is 9.53 Å². The predicted molar refractivity (Wildman–Crippen MR) is 184 cm³/mol. The molecule has 3 aromatic rings. The molecule has 1 aromatic heterocycles. The lowest BCUT2D eigenvalue weighted by Crippen LogP contribution is -2.42. The van der Waals surface area contributed by atoms with Gasteiger partial charge in [-0.25, -0.2) is 9.18 Å². The van der Waals surface area contributed by atoms with Crippen LogP contribution in [0.2, 0.25) is 0 Å². The molecule has 5 rings (SSSR count). The smallest absolute Gasteiger partial charge is 0.407 e. The number of halogens is 1. The number of benzene rings is 2. The number of amides is 2. The molecule has 0 saturated heterocycles. The Morgan fingerprint density at radius 1 is 1.00 bits per heavy atom. The maximum atomic E-state index is 14.3. The molecule has 0 radical (unpaired) electrons. The van der Waals surface area contributed by atoms with Gasteiger partial charge in [-0.1, -0.05) is 24.3 Å². The van der Waals surface area contributed by atoms with Crippen LogP contribution in [0, 0.1) is 18.8 Å². The van der Waals surface area contributed by atoms with Crippen molar-refractivity contribution in [2.75, 3.05) is 25.1 Å². The molecule has 2 aromatic carbocycles. The molecule has 254 valence electrons. The van der Waals surface area contributed by atoms with Crippen LogP contribution < -0.4 is 15.0 Å². The number of rotatable bonds is 11. The van der Waals surface area contributed by atoms with Crippen LogP contribution in [0.15, 0.2) is 54.9 Å². The summed E-state index contributed by atoms with van der Waals surface area (Å²) in [6, 6.07) is 15.1. The van der Waals surface area contributed by atoms with E-state index in [-0.39, 0.29) is 30.5 Å². The normalized spacial score (nSPS) is 22.0. The highest BCUT2D eigenvalue weighted by molar-refractivity contribution is 5.95. The Balaban J connectivity index is 1.29. The van der Waals surface area contributed by atoms with Gasteiger partial charge in [0.05, 0.1) is 19.9 Å². The highest BCUT2D eigenvalue weighted by Crippen LogP contribution is 2.39. The molecule has 2 aliphatic rings. The minimum Gasteiger partial charge on any atom is -0.496 e. The van der Waals surface area contributed by atoms with Gasteiger partial charge in [0.25, 0.3) is 0 Å². The van der Waals surface area contributed by atoms with E-state index in [0.717, 1.165) is 53.8 Å². The third-order valence-electron chi connectivity index (χ3n) is 9.89. The van der Waals surface area contributed by atoms with Crippen molar-refractivity contribution in [1.82, 2.24) is 15.1 Å². The quantitative estimate of drug-likeness (QED) is 0.226. The van der Waals surface area contributed by atoms with Gasteiger partial charge in [-0.3, -0.25) is 9.48 Å². The molecule has 1 heterocycles. The van der Waals surface area contributed by atoms with Gasteiger partial charge < -0.3 is 19.7 Å². The summed E-state index contributed by atoms with van der Waals surface area (Å²) in [7, 11) is 1.71. The number of carbonyl (C=O) groups excluding carboxylic acids is 2. The third kappa shape index (κ3) is 8.93. The van der Waals surface area contributed by atoms with Crippen molar-refractivity contribution in [2.45, 2.75) is 103 Å². The number of hydrogen-bond donors (Lipinski definition) is 1. The summed E-state index contributed by atoms with van der Waals surface area (Å²) in [5, 5.41) is 7.01. The molecule has 2 saturated carbocycles. The molecule has 1 atom stereocenters. The van der Waals surface area contributed by atoms with Crippen LogP contribution in [0.25, 0.3) is 11.1 Å². The van der Waals surface area contributed by atoms with E-state index < -0.39 is 12.3 Å². The number of alkyl carbamates (subject to hydrolysis) is 1. The fraction of sp³-hybridized carbons (Fsp3) is 0.553. The Bertz CT molecular complexity index is 1490. The first-order chi connectivity index (χ1) is 22.6. The molecule has 2 aliphatic carbocycles. The van der Waals surface area contributed by atoms with Crippen LogP contribution in [0.3, 0.4) is 0 Å². The molecule has 2 fully saturated rings. The third-order valence-corrected chi connectivity index (χ3v) is 9.89. The minimum atomic E-state index is -1.13. The van der Waals surface area contributed by atoms with Crippen molar-refractivity contribution in [1.29, 1.82) is 0 Å². The molecule has 0 aliphatic heterocycles. The minimum absolute atomic E-state index is 0.0689. The zero-order valence-electron chi connectivity index (χ0n) is 28.6. The van der Waals surface area contributed by atoms with E-state index in [1.54, 1.807) is 7.11 Å². The van der Waals surface area contributed by atoms with Crippen molar-refractivity contribution >= 4 is 17.7 Å². The van der Waals surface area contributed by atoms with Gasteiger partial charge in [-0.15, -0.1) is 0 Å². The van der Waals surface area contributed by atoms with E-state index in [4.69, 9.17) is 9.47 Å². The van der Waals surface area contributed by atoms with Gasteiger partial charge in [0, 0.05) is 36.0 Å². The first kappa shape index (κ1) is 34.5. The Hall–Kier alpha value is -3.88. The van der Waals surface area contributed by atoms with Crippen molar-refractivity contribution in [2.24, 2.45) is 11.8 Å². The number of methoxy groups -OCH3 is 1. The van der Waals surface area contributed by atoms with Crippen LogP contribution in [0.1, 0.15) is 95.2 Å². The lowest BCUT2D eigenvalue weighted by Gasteiger charge is -2.36. The van der Waals surface area contributed by atoms with Crippen LogP contribution in [0.5, 0.6) is 5.75 Å². The van der Waals surface area contributed by atoms with E-state index in [1.807, 2.05) is 27.9 Å². The number of hydrogen-bond acceptors (Lipinski definition) is 5. The Morgan fingerprint density at radius 2 is 1.74 bits per heavy atom. The monoisotopic (exact) mass is 646 g/mol. The van der Waals surface area contributed by atoms with Crippen molar-refractivity contribution in [3.8, 4) is 16.9 Å². The zero-order valence-corrected chi connectivity index (χ0v) is 28.6. The molecule has 47 heavy (non-hydrogen) atoms. The second-order valence-electron chi connectivity index (χ2n) is 13.8. The molecule has 0 bridgehead atoms. The topological polar surface area (TPSA) is 85.7 Å². The average molecular weight is 647 g/mol. The van der Waals surface area contributed by atoms with E-state index in [2.05, 4.69) is 67.7 Å². The first-order valence-electron chi connectivity index (χ1n) is 17.3. The summed E-state index contributed by atoms with van der Waals surface area (Å²) in [6.45, 7) is 8.32. The van der Waals surface area contributed by atoms with Gasteiger partial charge in [0.2, 0.25) is 5.91 Å². The Kier molecular flexibility index (Phi) is 11.6. The molecule has 9 heteroatoms. The fourth-order valence-corrected chi connectivity index (χ4v) is 7.10. The van der Waals surface area contributed by atoms with E-state index >= 15 is 0 Å². The molecule has 8 nitrogen and oxygen atoms in total. The summed E-state index contributed by atoms with van der Waals surface area (Å²) in [5.74, 6) is 1.84.